The number of H-pyrrole nitrogens is 2. The lowest BCUT2D eigenvalue weighted by Gasteiger charge is -2.03. The van der Waals surface area contributed by atoms with E-state index in [-0.39, 0.29) is 0 Å². The predicted octanol–water partition coefficient (Wildman–Crippen LogP) is 10.4. The summed E-state index contributed by atoms with van der Waals surface area (Å²) in [6.45, 7) is 0. The van der Waals surface area contributed by atoms with Crippen molar-refractivity contribution < 1.29 is 9.47 Å². The van der Waals surface area contributed by atoms with E-state index in [0.717, 1.165) is 78.5 Å². The Hall–Kier alpha value is -7.06. The lowest BCUT2D eigenvalue weighted by Crippen LogP contribution is -1.96. The van der Waals surface area contributed by atoms with Gasteiger partial charge in [-0.2, -0.15) is 10.2 Å². The van der Waals surface area contributed by atoms with Crippen molar-refractivity contribution in [2.24, 2.45) is 0 Å². The van der Waals surface area contributed by atoms with Crippen molar-refractivity contribution >= 4 is 43.9 Å². The van der Waals surface area contributed by atoms with Gasteiger partial charge < -0.3 is 19.4 Å². The summed E-state index contributed by atoms with van der Waals surface area (Å²) in [5, 5.41) is 14.5. The molecule has 0 radical (unpaired) electrons. The fourth-order valence-electron chi connectivity index (χ4n) is 6.87. The maximum atomic E-state index is 5.29. The van der Waals surface area contributed by atoms with Gasteiger partial charge in [-0.05, 0) is 84.9 Å². The number of aromatic amines is 2. The minimum absolute atomic E-state index is 0.839. The van der Waals surface area contributed by atoms with Crippen LogP contribution in [0.3, 0.4) is 0 Å². The van der Waals surface area contributed by atoms with Crippen molar-refractivity contribution in [3.8, 4) is 45.4 Å². The average Bonchev–Trinajstić information content (AvgIpc) is 3.98. The Kier molecular flexibility index (Phi) is 7.74. The number of nitrogens with one attached hydrogen (secondary N) is 2. The van der Waals surface area contributed by atoms with Gasteiger partial charge >= 0.3 is 0 Å². The summed E-state index contributed by atoms with van der Waals surface area (Å²) in [6.07, 6.45) is 0. The summed E-state index contributed by atoms with van der Waals surface area (Å²) < 4.78 is 14.5. The second kappa shape index (κ2) is 13.0. The number of aromatic nitrogens is 6. The van der Waals surface area contributed by atoms with Crippen molar-refractivity contribution in [3.05, 3.63) is 158 Å². The third-order valence-electron chi connectivity index (χ3n) is 9.40. The molecule has 0 amide bonds. The summed E-state index contributed by atoms with van der Waals surface area (Å²) in [6, 6.07) is 53.2. The van der Waals surface area contributed by atoms with Crippen LogP contribution in [0.5, 0.6) is 11.5 Å². The van der Waals surface area contributed by atoms with Crippen LogP contribution < -0.4 is 9.47 Å². The molecule has 10 aromatic rings. The van der Waals surface area contributed by atoms with Crippen molar-refractivity contribution in [3.63, 3.8) is 0 Å². The molecule has 0 aliphatic carbocycles. The minimum atomic E-state index is 0.839. The van der Waals surface area contributed by atoms with E-state index in [1.165, 1.54) is 10.8 Å². The van der Waals surface area contributed by atoms with Crippen LogP contribution in [-0.2, 0) is 0 Å². The molecule has 0 spiro atoms. The molecule has 4 heterocycles. The second-order valence-corrected chi connectivity index (χ2v) is 12.4. The Balaban J connectivity index is 0.000000138. The van der Waals surface area contributed by atoms with E-state index >= 15 is 0 Å². The Morgan fingerprint density at radius 3 is 1.17 bits per heavy atom. The highest BCUT2D eigenvalue weighted by atomic mass is 16.5. The van der Waals surface area contributed by atoms with Crippen molar-refractivity contribution in [2.75, 3.05) is 14.2 Å². The van der Waals surface area contributed by atoms with Gasteiger partial charge in [-0.1, -0.05) is 72.8 Å². The highest BCUT2D eigenvalue weighted by Crippen LogP contribution is 2.37. The average molecular weight is 679 g/mol. The lowest BCUT2D eigenvalue weighted by atomic mass is 10.1. The largest absolute Gasteiger partial charge is 0.497 e. The van der Waals surface area contributed by atoms with Crippen LogP contribution in [0, 0.1) is 0 Å². The third kappa shape index (κ3) is 5.34. The summed E-state index contributed by atoms with van der Waals surface area (Å²) in [7, 11) is 3.36. The summed E-state index contributed by atoms with van der Waals surface area (Å²) in [5.74, 6) is 1.68. The fraction of sp³-hybridized carbons (Fsp3) is 0.0455. The smallest absolute Gasteiger partial charge is 0.142 e. The van der Waals surface area contributed by atoms with Crippen molar-refractivity contribution in [2.45, 2.75) is 0 Å². The Morgan fingerprint density at radius 2 is 0.788 bits per heavy atom. The molecule has 0 saturated carbocycles. The number of methoxy groups -OCH3 is 2. The predicted molar refractivity (Wildman–Crippen MR) is 210 cm³/mol. The minimum Gasteiger partial charge on any atom is -0.497 e. The van der Waals surface area contributed by atoms with Gasteiger partial charge in [0.15, 0.2) is 0 Å². The summed E-state index contributed by atoms with van der Waals surface area (Å²) in [5.41, 5.74) is 10.3. The number of hydrogen-bond acceptors (Lipinski definition) is 4. The van der Waals surface area contributed by atoms with Crippen LogP contribution in [0.2, 0.25) is 0 Å². The molecule has 10 rings (SSSR count). The first-order chi connectivity index (χ1) is 25.7. The molecule has 252 valence electrons. The maximum Gasteiger partial charge on any atom is 0.142 e. The van der Waals surface area contributed by atoms with E-state index in [0.29, 0.717) is 0 Å². The SMILES string of the molecule is COc1ccc(-c2nn(-c3ccccc3)c3[nH]c4ccccc4c23)cc1.COc1ccc(-c2nn(-c3ccccc3)c3[nH]c4ccccc4c23)cc1. The number of ether oxygens (including phenoxy) is 2. The van der Waals surface area contributed by atoms with E-state index in [4.69, 9.17) is 19.7 Å². The third-order valence-corrected chi connectivity index (χ3v) is 9.40. The monoisotopic (exact) mass is 678 g/mol. The molecule has 0 aliphatic rings. The van der Waals surface area contributed by atoms with Crippen LogP contribution >= 0.6 is 0 Å². The molecule has 6 aromatic carbocycles. The van der Waals surface area contributed by atoms with Crippen LogP contribution in [0.4, 0.5) is 0 Å². The molecule has 2 N–H and O–H groups in total. The molecule has 0 atom stereocenters. The van der Waals surface area contributed by atoms with Gasteiger partial charge in [0.05, 0.1) is 36.4 Å². The molecule has 8 nitrogen and oxygen atoms in total. The number of hydrogen-bond donors (Lipinski definition) is 2. The Labute approximate surface area is 299 Å². The number of benzene rings is 6. The van der Waals surface area contributed by atoms with Crippen molar-refractivity contribution in [1.82, 2.24) is 29.5 Å². The zero-order chi connectivity index (χ0) is 35.0. The highest BCUT2D eigenvalue weighted by Gasteiger charge is 2.20. The van der Waals surface area contributed by atoms with Gasteiger partial charge in [-0.15, -0.1) is 0 Å². The Morgan fingerprint density at radius 1 is 0.423 bits per heavy atom. The lowest BCUT2D eigenvalue weighted by molar-refractivity contribution is 0.415. The number of nitrogens with zero attached hydrogens (tertiary/aromatic N) is 4. The van der Waals surface area contributed by atoms with Gasteiger partial charge in [-0.3, -0.25) is 0 Å². The molecule has 0 fully saturated rings. The summed E-state index contributed by atoms with van der Waals surface area (Å²) in [4.78, 5) is 7.07. The second-order valence-electron chi connectivity index (χ2n) is 12.4. The molecule has 4 aromatic heterocycles. The number of rotatable bonds is 6. The van der Waals surface area contributed by atoms with E-state index in [2.05, 4.69) is 94.9 Å². The topological polar surface area (TPSA) is 85.7 Å². The van der Waals surface area contributed by atoms with Crippen molar-refractivity contribution in [1.29, 1.82) is 0 Å². The zero-order valence-corrected chi connectivity index (χ0v) is 28.6. The normalized spacial score (nSPS) is 11.3. The van der Waals surface area contributed by atoms with E-state index in [1.807, 2.05) is 82.2 Å². The molecule has 0 bridgehead atoms. The first-order valence-corrected chi connectivity index (χ1v) is 17.1. The standard InChI is InChI=1S/2C22H17N3O/c2*1-26-17-13-11-15(12-14-17)21-20-18-9-5-6-10-19(18)23-22(20)25(24-21)16-7-3-2-4-8-16/h2*2-14,23H,1H3. The number of para-hydroxylation sites is 4. The number of fused-ring (bicyclic) bond motifs is 6. The highest BCUT2D eigenvalue weighted by molar-refractivity contribution is 6.14. The molecule has 0 aliphatic heterocycles. The molecular weight excluding hydrogens is 645 g/mol. The molecular formula is C44H34N6O2. The molecule has 52 heavy (non-hydrogen) atoms. The van der Waals surface area contributed by atoms with Gasteiger partial charge in [-0.25, -0.2) is 9.36 Å². The molecule has 0 saturated heterocycles. The van der Waals surface area contributed by atoms with Crippen LogP contribution in [0.1, 0.15) is 0 Å². The van der Waals surface area contributed by atoms with Gasteiger partial charge in [0, 0.05) is 32.9 Å². The summed E-state index contributed by atoms with van der Waals surface area (Å²) >= 11 is 0. The van der Waals surface area contributed by atoms with Gasteiger partial charge in [0.25, 0.3) is 0 Å². The van der Waals surface area contributed by atoms with Crippen LogP contribution in [-0.4, -0.2) is 43.7 Å². The van der Waals surface area contributed by atoms with E-state index in [9.17, 15) is 0 Å². The molecule has 8 heteroatoms. The first kappa shape index (κ1) is 31.0. The fourth-order valence-corrected chi connectivity index (χ4v) is 6.87. The zero-order valence-electron chi connectivity index (χ0n) is 28.6. The maximum absolute atomic E-state index is 5.29. The van der Waals surface area contributed by atoms with E-state index < -0.39 is 0 Å². The van der Waals surface area contributed by atoms with E-state index in [1.54, 1.807) is 14.2 Å². The van der Waals surface area contributed by atoms with Crippen LogP contribution in [0.25, 0.3) is 77.8 Å². The first-order valence-electron chi connectivity index (χ1n) is 17.1. The van der Waals surface area contributed by atoms with Gasteiger partial charge in [0.1, 0.15) is 34.2 Å². The van der Waals surface area contributed by atoms with Gasteiger partial charge in [0.2, 0.25) is 0 Å². The Bertz CT molecular complexity index is 2600. The quantitative estimate of drug-likeness (QED) is 0.183. The van der Waals surface area contributed by atoms with Crippen LogP contribution in [0.15, 0.2) is 158 Å². The molecule has 0 unspecified atom stereocenters.